The van der Waals surface area contributed by atoms with Crippen molar-refractivity contribution in [3.05, 3.63) is 24.2 Å². The van der Waals surface area contributed by atoms with Crippen LogP contribution in [0.4, 0.5) is 0 Å². The summed E-state index contributed by atoms with van der Waals surface area (Å²) in [6.45, 7) is 0.357. The van der Waals surface area contributed by atoms with Crippen molar-refractivity contribution < 1.29 is 19.1 Å². The molecule has 0 fully saturated rings. The van der Waals surface area contributed by atoms with Gasteiger partial charge in [-0.2, -0.15) is 0 Å². The third-order valence-corrected chi connectivity index (χ3v) is 1.64. The summed E-state index contributed by atoms with van der Waals surface area (Å²) >= 11 is 0. The van der Waals surface area contributed by atoms with Crippen LogP contribution in [0.3, 0.4) is 0 Å². The van der Waals surface area contributed by atoms with Gasteiger partial charge in [-0.3, -0.25) is 9.59 Å². The molecule has 1 rings (SSSR count). The Morgan fingerprint density at radius 3 is 2.86 bits per heavy atom. The summed E-state index contributed by atoms with van der Waals surface area (Å²) in [5, 5.41) is 10.9. The largest absolute Gasteiger partial charge is 0.481 e. The molecule has 0 saturated carbocycles. The van der Waals surface area contributed by atoms with Gasteiger partial charge in [0.1, 0.15) is 6.26 Å². The summed E-state index contributed by atoms with van der Waals surface area (Å²) in [5.41, 5.74) is 0.445. The Morgan fingerprint density at radius 2 is 2.29 bits per heavy atom. The first-order valence-corrected chi connectivity index (χ1v) is 4.22. The van der Waals surface area contributed by atoms with Crippen LogP contribution in [0.15, 0.2) is 23.0 Å². The second-order valence-corrected chi connectivity index (χ2v) is 2.77. The van der Waals surface area contributed by atoms with Crippen molar-refractivity contribution in [2.45, 2.75) is 12.8 Å². The van der Waals surface area contributed by atoms with Crippen LogP contribution < -0.4 is 5.32 Å². The van der Waals surface area contributed by atoms with Gasteiger partial charge in [0.15, 0.2) is 0 Å². The van der Waals surface area contributed by atoms with Crippen LogP contribution in [0.1, 0.15) is 23.2 Å². The minimum Gasteiger partial charge on any atom is -0.481 e. The molecule has 0 atom stereocenters. The summed E-state index contributed by atoms with van der Waals surface area (Å²) in [4.78, 5) is 21.4. The number of carbonyl (C=O) groups excluding carboxylic acids is 1. The van der Waals surface area contributed by atoms with Crippen molar-refractivity contribution in [2.24, 2.45) is 0 Å². The van der Waals surface area contributed by atoms with Crippen molar-refractivity contribution in [3.63, 3.8) is 0 Å². The maximum Gasteiger partial charge on any atom is 0.303 e. The molecule has 1 aromatic heterocycles. The molecule has 0 bridgehead atoms. The number of carbonyl (C=O) groups is 2. The van der Waals surface area contributed by atoms with E-state index in [1.807, 2.05) is 0 Å². The minimum atomic E-state index is -0.859. The molecule has 5 nitrogen and oxygen atoms in total. The standard InChI is InChI=1S/C9H11NO4/c11-8(12)2-1-4-10-9(13)7-3-5-14-6-7/h3,5-6H,1-2,4H2,(H,10,13)(H,11,12). The summed E-state index contributed by atoms with van der Waals surface area (Å²) in [5.74, 6) is -1.10. The molecule has 14 heavy (non-hydrogen) atoms. The maximum atomic E-state index is 11.2. The Morgan fingerprint density at radius 1 is 1.50 bits per heavy atom. The van der Waals surface area contributed by atoms with Gasteiger partial charge < -0.3 is 14.8 Å². The summed E-state index contributed by atoms with van der Waals surface area (Å²) in [7, 11) is 0. The molecule has 0 spiro atoms. The van der Waals surface area contributed by atoms with Crippen LogP contribution in [0.2, 0.25) is 0 Å². The normalized spacial score (nSPS) is 9.71. The van der Waals surface area contributed by atoms with Gasteiger partial charge in [-0.15, -0.1) is 0 Å². The minimum absolute atomic E-state index is 0.0612. The predicted octanol–water partition coefficient (Wildman–Crippen LogP) is 0.874. The third kappa shape index (κ3) is 3.30. The molecule has 2 N–H and O–H groups in total. The lowest BCUT2D eigenvalue weighted by Crippen LogP contribution is -2.24. The Balaban J connectivity index is 2.19. The van der Waals surface area contributed by atoms with Crippen molar-refractivity contribution in [2.75, 3.05) is 6.54 Å². The molecule has 0 aliphatic heterocycles. The van der Waals surface area contributed by atoms with Gasteiger partial charge in [-0.1, -0.05) is 0 Å². The second-order valence-electron chi connectivity index (χ2n) is 2.77. The van der Waals surface area contributed by atoms with E-state index < -0.39 is 5.97 Å². The third-order valence-electron chi connectivity index (χ3n) is 1.64. The lowest BCUT2D eigenvalue weighted by atomic mass is 10.3. The molecule has 1 aromatic rings. The summed E-state index contributed by atoms with van der Waals surface area (Å²) < 4.78 is 4.73. The average Bonchev–Trinajstić information content (AvgIpc) is 2.64. The molecule has 0 saturated heterocycles. The van der Waals surface area contributed by atoms with E-state index in [9.17, 15) is 9.59 Å². The van der Waals surface area contributed by atoms with Gasteiger partial charge in [0.25, 0.3) is 5.91 Å². The number of aliphatic carboxylic acids is 1. The van der Waals surface area contributed by atoms with Crippen LogP contribution in [0, 0.1) is 0 Å². The molecule has 1 heterocycles. The quantitative estimate of drug-likeness (QED) is 0.686. The van der Waals surface area contributed by atoms with Crippen molar-refractivity contribution >= 4 is 11.9 Å². The highest BCUT2D eigenvalue weighted by atomic mass is 16.4. The van der Waals surface area contributed by atoms with Crippen LogP contribution in [-0.4, -0.2) is 23.5 Å². The molecule has 0 aliphatic rings. The van der Waals surface area contributed by atoms with Crippen molar-refractivity contribution in [1.82, 2.24) is 5.32 Å². The van der Waals surface area contributed by atoms with Gasteiger partial charge in [-0.05, 0) is 12.5 Å². The highest BCUT2D eigenvalue weighted by Crippen LogP contribution is 1.99. The molecule has 0 unspecified atom stereocenters. The van der Waals surface area contributed by atoms with Gasteiger partial charge in [0.2, 0.25) is 0 Å². The first-order valence-electron chi connectivity index (χ1n) is 4.22. The number of hydrogen-bond acceptors (Lipinski definition) is 3. The zero-order valence-corrected chi connectivity index (χ0v) is 7.53. The van der Waals surface area contributed by atoms with E-state index in [1.165, 1.54) is 12.5 Å². The van der Waals surface area contributed by atoms with E-state index >= 15 is 0 Å². The molecule has 76 valence electrons. The fourth-order valence-corrected chi connectivity index (χ4v) is 0.937. The maximum absolute atomic E-state index is 11.2. The zero-order chi connectivity index (χ0) is 10.4. The number of furan rings is 1. The number of carboxylic acids is 1. The fourth-order valence-electron chi connectivity index (χ4n) is 0.937. The molecule has 1 amide bonds. The average molecular weight is 197 g/mol. The van der Waals surface area contributed by atoms with Gasteiger partial charge in [-0.25, -0.2) is 0 Å². The monoisotopic (exact) mass is 197 g/mol. The first-order chi connectivity index (χ1) is 6.70. The Hall–Kier alpha value is -1.78. The SMILES string of the molecule is O=C(O)CCCNC(=O)c1ccoc1. The summed E-state index contributed by atoms with van der Waals surface area (Å²) in [6.07, 6.45) is 3.24. The van der Waals surface area contributed by atoms with Crippen molar-refractivity contribution in [3.8, 4) is 0 Å². The lowest BCUT2D eigenvalue weighted by molar-refractivity contribution is -0.137. The molecule has 0 aliphatic carbocycles. The topological polar surface area (TPSA) is 79.5 Å². The predicted molar refractivity (Wildman–Crippen MR) is 47.9 cm³/mol. The highest BCUT2D eigenvalue weighted by Gasteiger charge is 2.05. The number of carboxylic acid groups (broad SMARTS) is 1. The Kier molecular flexibility index (Phi) is 3.72. The van der Waals surface area contributed by atoms with E-state index in [2.05, 4.69) is 5.32 Å². The zero-order valence-electron chi connectivity index (χ0n) is 7.53. The Labute approximate surface area is 80.7 Å². The highest BCUT2D eigenvalue weighted by molar-refractivity contribution is 5.93. The number of hydrogen-bond donors (Lipinski definition) is 2. The van der Waals surface area contributed by atoms with Gasteiger partial charge >= 0.3 is 5.97 Å². The van der Waals surface area contributed by atoms with E-state index in [4.69, 9.17) is 9.52 Å². The molecular formula is C9H11NO4. The van der Waals surface area contributed by atoms with Gasteiger partial charge in [0.05, 0.1) is 11.8 Å². The van der Waals surface area contributed by atoms with Crippen LogP contribution in [0.25, 0.3) is 0 Å². The number of amides is 1. The van der Waals surface area contributed by atoms with E-state index in [0.29, 0.717) is 18.5 Å². The van der Waals surface area contributed by atoms with E-state index in [-0.39, 0.29) is 12.3 Å². The fraction of sp³-hybridized carbons (Fsp3) is 0.333. The smallest absolute Gasteiger partial charge is 0.303 e. The number of nitrogens with one attached hydrogen (secondary N) is 1. The van der Waals surface area contributed by atoms with Gasteiger partial charge in [0, 0.05) is 13.0 Å². The van der Waals surface area contributed by atoms with Crippen molar-refractivity contribution in [1.29, 1.82) is 0 Å². The number of rotatable bonds is 5. The second kappa shape index (κ2) is 5.06. The van der Waals surface area contributed by atoms with E-state index in [1.54, 1.807) is 6.07 Å². The molecular weight excluding hydrogens is 186 g/mol. The summed E-state index contributed by atoms with van der Waals surface area (Å²) in [6, 6.07) is 1.55. The van der Waals surface area contributed by atoms with E-state index in [0.717, 1.165) is 0 Å². The molecule has 0 radical (unpaired) electrons. The van der Waals surface area contributed by atoms with Crippen LogP contribution >= 0.6 is 0 Å². The first kappa shape index (κ1) is 10.3. The van der Waals surface area contributed by atoms with Crippen LogP contribution in [-0.2, 0) is 4.79 Å². The molecule has 0 aromatic carbocycles. The lowest BCUT2D eigenvalue weighted by Gasteiger charge is -2.00. The van der Waals surface area contributed by atoms with Crippen LogP contribution in [0.5, 0.6) is 0 Å². The Bertz CT molecular complexity index is 305. The molecule has 5 heteroatoms.